The number of benzene rings is 1. The molecule has 1 aromatic carbocycles. The number of aryl methyl sites for hydroxylation is 1. The van der Waals surface area contributed by atoms with E-state index in [0.29, 0.717) is 0 Å². The van der Waals surface area contributed by atoms with Gasteiger partial charge in [-0.15, -0.1) is 5.10 Å². The Kier molecular flexibility index (Phi) is 9.34. The molecule has 1 atom stereocenters. The normalized spacial score (nSPS) is 18.1. The average molecular weight is 514 g/mol. The van der Waals surface area contributed by atoms with E-state index < -0.39 is 8.32 Å². The Bertz CT molecular complexity index is 995. The number of fused-ring (bicyclic) bond motifs is 1. The zero-order chi connectivity index (χ0) is 26.6. The maximum absolute atomic E-state index is 6.85. The van der Waals surface area contributed by atoms with Crippen molar-refractivity contribution in [3.05, 3.63) is 34.6 Å². The first kappa shape index (κ1) is 28.7. The fraction of sp³-hybridized carbons (Fsp3) is 0.733. The van der Waals surface area contributed by atoms with E-state index in [9.17, 15) is 0 Å². The van der Waals surface area contributed by atoms with Crippen LogP contribution in [0.4, 0.5) is 0 Å². The molecule has 1 aliphatic heterocycles. The summed E-state index contributed by atoms with van der Waals surface area (Å²) in [5.41, 5.74) is 5.13. The van der Waals surface area contributed by atoms with Crippen molar-refractivity contribution in [3.63, 3.8) is 0 Å². The van der Waals surface area contributed by atoms with Crippen LogP contribution in [0.2, 0.25) is 18.1 Å². The molecule has 1 aliphatic rings. The molecule has 0 saturated carbocycles. The summed E-state index contributed by atoms with van der Waals surface area (Å²) in [5, 5.41) is 8.08. The van der Waals surface area contributed by atoms with Crippen LogP contribution in [0.3, 0.4) is 0 Å². The molecule has 0 N–H and O–H groups in total. The van der Waals surface area contributed by atoms with Gasteiger partial charge < -0.3 is 9.16 Å². The van der Waals surface area contributed by atoms with Crippen LogP contribution in [0.5, 0.6) is 11.5 Å². The quantitative estimate of drug-likeness (QED) is 0.211. The number of rotatable bonds is 12. The standard InChI is InChI=1S/C30H51N3O2Si/c1-23-24(2)28-26(25(3)27(23)35-36(8,9)29(4,5)6)17-19-30(7,34-28)18-15-13-11-10-12-14-16-21-33-22-20-31-32-33/h20,22H,10-19,21H2,1-9H3. The molecule has 0 spiro atoms. The van der Waals surface area contributed by atoms with Crippen LogP contribution in [-0.2, 0) is 13.0 Å². The zero-order valence-electron chi connectivity index (χ0n) is 24.6. The predicted octanol–water partition coefficient (Wildman–Crippen LogP) is 8.49. The molecule has 5 nitrogen and oxygen atoms in total. The van der Waals surface area contributed by atoms with E-state index in [4.69, 9.17) is 9.16 Å². The van der Waals surface area contributed by atoms with Crippen LogP contribution in [0.1, 0.15) is 108 Å². The number of hydrogen-bond donors (Lipinski definition) is 0. The predicted molar refractivity (Wildman–Crippen MR) is 153 cm³/mol. The summed E-state index contributed by atoms with van der Waals surface area (Å²) >= 11 is 0. The van der Waals surface area contributed by atoms with Gasteiger partial charge in [0.1, 0.15) is 17.1 Å². The summed E-state index contributed by atoms with van der Waals surface area (Å²) in [5.74, 6) is 2.25. The molecule has 0 radical (unpaired) electrons. The van der Waals surface area contributed by atoms with Crippen molar-refractivity contribution in [1.29, 1.82) is 0 Å². The van der Waals surface area contributed by atoms with Gasteiger partial charge in [-0.3, -0.25) is 4.68 Å². The van der Waals surface area contributed by atoms with Gasteiger partial charge in [-0.2, -0.15) is 0 Å². The van der Waals surface area contributed by atoms with Crippen LogP contribution in [0.15, 0.2) is 12.4 Å². The number of hydrogen-bond acceptors (Lipinski definition) is 4. The van der Waals surface area contributed by atoms with Crippen LogP contribution in [-0.4, -0.2) is 28.9 Å². The highest BCUT2D eigenvalue weighted by atomic mass is 28.4. The molecular weight excluding hydrogens is 462 g/mol. The maximum atomic E-state index is 6.85. The molecule has 6 heteroatoms. The summed E-state index contributed by atoms with van der Waals surface area (Å²) in [4.78, 5) is 0. The Hall–Kier alpha value is -1.82. The average Bonchev–Trinajstić information content (AvgIpc) is 3.32. The van der Waals surface area contributed by atoms with E-state index in [1.54, 1.807) is 6.20 Å². The topological polar surface area (TPSA) is 49.2 Å². The van der Waals surface area contributed by atoms with Gasteiger partial charge in [0.15, 0.2) is 0 Å². The van der Waals surface area contributed by atoms with Gasteiger partial charge in [0.25, 0.3) is 8.32 Å². The fourth-order valence-corrected chi connectivity index (χ4v) is 6.15. The lowest BCUT2D eigenvalue weighted by molar-refractivity contribution is 0.0522. The van der Waals surface area contributed by atoms with E-state index in [0.717, 1.165) is 37.3 Å². The van der Waals surface area contributed by atoms with E-state index in [-0.39, 0.29) is 10.6 Å². The van der Waals surface area contributed by atoms with E-state index >= 15 is 0 Å². The first-order chi connectivity index (χ1) is 16.8. The van der Waals surface area contributed by atoms with Gasteiger partial charge in [-0.05, 0) is 94.6 Å². The Labute approximate surface area is 221 Å². The lowest BCUT2D eigenvalue weighted by atomic mass is 9.84. The van der Waals surface area contributed by atoms with Crippen molar-refractivity contribution >= 4 is 8.32 Å². The van der Waals surface area contributed by atoms with Crippen molar-refractivity contribution < 1.29 is 9.16 Å². The third-order valence-corrected chi connectivity index (χ3v) is 13.1. The van der Waals surface area contributed by atoms with Crippen LogP contribution in [0, 0.1) is 20.8 Å². The molecule has 2 aromatic rings. The zero-order valence-corrected chi connectivity index (χ0v) is 25.6. The first-order valence-electron chi connectivity index (χ1n) is 14.2. The molecule has 1 unspecified atom stereocenters. The lowest BCUT2D eigenvalue weighted by Crippen LogP contribution is -2.44. The molecule has 0 fully saturated rings. The first-order valence-corrected chi connectivity index (χ1v) is 17.1. The molecule has 202 valence electrons. The number of nitrogens with zero attached hydrogens (tertiary/aromatic N) is 3. The van der Waals surface area contributed by atoms with Crippen LogP contribution in [0.25, 0.3) is 0 Å². The highest BCUT2D eigenvalue weighted by molar-refractivity contribution is 6.74. The minimum Gasteiger partial charge on any atom is -0.543 e. The van der Waals surface area contributed by atoms with Crippen molar-refractivity contribution in [2.45, 2.75) is 143 Å². The summed E-state index contributed by atoms with van der Waals surface area (Å²) < 4.78 is 15.6. The summed E-state index contributed by atoms with van der Waals surface area (Å²) in [6.45, 7) is 21.6. The van der Waals surface area contributed by atoms with E-state index in [2.05, 4.69) is 71.9 Å². The van der Waals surface area contributed by atoms with Gasteiger partial charge in [0.2, 0.25) is 0 Å². The third kappa shape index (κ3) is 6.93. The molecule has 0 saturated heterocycles. The van der Waals surface area contributed by atoms with E-state index in [1.807, 2.05) is 10.9 Å². The Morgan fingerprint density at radius 3 is 2.22 bits per heavy atom. The largest absolute Gasteiger partial charge is 0.543 e. The van der Waals surface area contributed by atoms with Gasteiger partial charge in [-0.1, -0.05) is 58.1 Å². The monoisotopic (exact) mass is 513 g/mol. The van der Waals surface area contributed by atoms with Gasteiger partial charge >= 0.3 is 0 Å². The van der Waals surface area contributed by atoms with Crippen LogP contribution >= 0.6 is 0 Å². The maximum Gasteiger partial charge on any atom is 0.250 e. The minimum absolute atomic E-state index is 0.0593. The molecule has 2 heterocycles. The molecule has 3 rings (SSSR count). The van der Waals surface area contributed by atoms with E-state index in [1.165, 1.54) is 67.2 Å². The van der Waals surface area contributed by atoms with Gasteiger partial charge in [-0.25, -0.2) is 0 Å². The number of ether oxygens (including phenoxy) is 1. The lowest BCUT2D eigenvalue weighted by Gasteiger charge is -2.41. The second kappa shape index (κ2) is 11.7. The number of aromatic nitrogens is 3. The minimum atomic E-state index is -1.90. The van der Waals surface area contributed by atoms with Crippen molar-refractivity contribution in [2.24, 2.45) is 0 Å². The number of unbranched alkanes of at least 4 members (excludes halogenated alkanes) is 6. The Morgan fingerprint density at radius 2 is 1.61 bits per heavy atom. The van der Waals surface area contributed by atoms with Crippen molar-refractivity contribution in [1.82, 2.24) is 15.0 Å². The molecule has 36 heavy (non-hydrogen) atoms. The Balaban J connectivity index is 1.50. The molecule has 0 amide bonds. The summed E-state index contributed by atoms with van der Waals surface area (Å²) in [6.07, 6.45) is 16.0. The van der Waals surface area contributed by atoms with Gasteiger partial charge in [0.05, 0.1) is 6.20 Å². The highest BCUT2D eigenvalue weighted by Gasteiger charge is 2.41. The van der Waals surface area contributed by atoms with Crippen molar-refractivity contribution in [2.75, 3.05) is 0 Å². The van der Waals surface area contributed by atoms with Crippen LogP contribution < -0.4 is 9.16 Å². The van der Waals surface area contributed by atoms with Gasteiger partial charge in [0, 0.05) is 18.3 Å². The molecular formula is C30H51N3O2Si. The summed E-state index contributed by atoms with van der Waals surface area (Å²) in [7, 11) is -1.90. The highest BCUT2D eigenvalue weighted by Crippen LogP contribution is 2.47. The molecule has 1 aromatic heterocycles. The second-order valence-electron chi connectivity index (χ2n) is 12.8. The molecule has 0 aliphatic carbocycles. The summed E-state index contributed by atoms with van der Waals surface area (Å²) in [6, 6.07) is 0. The second-order valence-corrected chi connectivity index (χ2v) is 17.5. The smallest absolute Gasteiger partial charge is 0.250 e. The SMILES string of the molecule is Cc1c(C)c2c(c(C)c1O[Si](C)(C)C(C)(C)C)CCC(C)(CCCCCCCCCn1ccnn1)O2. The Morgan fingerprint density at radius 1 is 0.972 bits per heavy atom. The third-order valence-electron chi connectivity index (χ3n) is 8.79. The van der Waals surface area contributed by atoms with Crippen molar-refractivity contribution in [3.8, 4) is 11.5 Å². The molecule has 0 bridgehead atoms. The fourth-order valence-electron chi connectivity index (χ4n) is 5.03.